The summed E-state index contributed by atoms with van der Waals surface area (Å²) in [4.78, 5) is 0. The van der Waals surface area contributed by atoms with E-state index < -0.39 is 10.0 Å². The second-order valence-electron chi connectivity index (χ2n) is 3.97. The zero-order valence-corrected chi connectivity index (χ0v) is 10.5. The normalized spacial score (nSPS) is 11.1. The van der Waals surface area contributed by atoms with Crippen LogP contribution >= 0.6 is 0 Å². The minimum Gasteiger partial charge on any atom is -0.399 e. The van der Waals surface area contributed by atoms with Gasteiger partial charge in [0.05, 0.1) is 5.75 Å². The molecule has 0 saturated carbocycles. The van der Waals surface area contributed by atoms with Crippen molar-refractivity contribution in [3.63, 3.8) is 0 Å². The van der Waals surface area contributed by atoms with Gasteiger partial charge < -0.3 is 5.73 Å². The van der Waals surface area contributed by atoms with Gasteiger partial charge in [0.2, 0.25) is 10.0 Å². The van der Waals surface area contributed by atoms with Crippen LogP contribution in [0.3, 0.4) is 0 Å². The summed E-state index contributed by atoms with van der Waals surface area (Å²) in [7, 11) is -3.39. The van der Waals surface area contributed by atoms with Gasteiger partial charge in [0.25, 0.3) is 0 Å². The van der Waals surface area contributed by atoms with E-state index in [0.29, 0.717) is 11.4 Å². The van der Waals surface area contributed by atoms with E-state index >= 15 is 0 Å². The summed E-state index contributed by atoms with van der Waals surface area (Å²) in [6.07, 6.45) is 0. The predicted octanol–water partition coefficient (Wildman–Crippen LogP) is 2.21. The molecule has 5 heteroatoms. The Kier molecular flexibility index (Phi) is 3.53. The van der Waals surface area contributed by atoms with Gasteiger partial charge >= 0.3 is 0 Å². The molecule has 0 saturated heterocycles. The smallest absolute Gasteiger partial charge is 0.236 e. The number of rotatable bonds is 4. The van der Waals surface area contributed by atoms with Crippen LogP contribution in [0.5, 0.6) is 0 Å². The van der Waals surface area contributed by atoms with E-state index in [-0.39, 0.29) is 5.75 Å². The highest BCUT2D eigenvalue weighted by molar-refractivity contribution is 7.91. The molecule has 0 fully saturated rings. The highest BCUT2D eigenvalue weighted by Gasteiger charge is 2.11. The first-order valence-corrected chi connectivity index (χ1v) is 7.10. The van der Waals surface area contributed by atoms with Crippen LogP contribution in [-0.2, 0) is 15.8 Å². The molecule has 0 amide bonds. The number of hydrogen-bond donors (Lipinski definition) is 2. The van der Waals surface area contributed by atoms with Crippen LogP contribution in [-0.4, -0.2) is 8.42 Å². The average molecular weight is 262 g/mol. The first kappa shape index (κ1) is 12.4. The van der Waals surface area contributed by atoms with Crippen molar-refractivity contribution in [2.24, 2.45) is 0 Å². The Morgan fingerprint density at radius 1 is 0.944 bits per heavy atom. The lowest BCUT2D eigenvalue weighted by Gasteiger charge is -2.08. The Bertz CT molecular complexity index is 607. The quantitative estimate of drug-likeness (QED) is 0.830. The Morgan fingerprint density at radius 2 is 1.56 bits per heavy atom. The van der Waals surface area contributed by atoms with E-state index in [1.54, 1.807) is 36.4 Å². The molecule has 94 valence electrons. The van der Waals surface area contributed by atoms with E-state index in [9.17, 15) is 8.42 Å². The van der Waals surface area contributed by atoms with E-state index in [2.05, 4.69) is 4.72 Å². The van der Waals surface area contributed by atoms with Crippen LogP contribution in [0.1, 0.15) is 5.56 Å². The topological polar surface area (TPSA) is 72.2 Å². The molecule has 0 aliphatic carbocycles. The highest BCUT2D eigenvalue weighted by atomic mass is 32.2. The molecule has 2 rings (SSSR count). The fraction of sp³-hybridized carbons (Fsp3) is 0.0769. The monoisotopic (exact) mass is 262 g/mol. The number of nitrogen functional groups attached to an aromatic ring is 1. The molecule has 0 aliphatic rings. The van der Waals surface area contributed by atoms with Crippen molar-refractivity contribution in [2.45, 2.75) is 5.75 Å². The number of hydrogen-bond acceptors (Lipinski definition) is 3. The lowest BCUT2D eigenvalue weighted by Crippen LogP contribution is -2.14. The van der Waals surface area contributed by atoms with Crippen LogP contribution in [0.4, 0.5) is 11.4 Å². The molecule has 3 N–H and O–H groups in total. The number of anilines is 2. The maximum atomic E-state index is 11.9. The third-order valence-electron chi connectivity index (χ3n) is 2.38. The van der Waals surface area contributed by atoms with Gasteiger partial charge in [-0.05, 0) is 29.8 Å². The maximum absolute atomic E-state index is 11.9. The van der Waals surface area contributed by atoms with E-state index in [0.717, 1.165) is 5.56 Å². The summed E-state index contributed by atoms with van der Waals surface area (Å²) in [6, 6.07) is 15.6. The van der Waals surface area contributed by atoms with Crippen LogP contribution in [0.2, 0.25) is 0 Å². The summed E-state index contributed by atoms with van der Waals surface area (Å²) < 4.78 is 26.3. The lowest BCUT2D eigenvalue weighted by atomic mass is 10.2. The van der Waals surface area contributed by atoms with Crippen molar-refractivity contribution in [1.29, 1.82) is 0 Å². The van der Waals surface area contributed by atoms with Gasteiger partial charge in [0, 0.05) is 11.4 Å². The number of nitrogens with two attached hydrogens (primary N) is 1. The van der Waals surface area contributed by atoms with Gasteiger partial charge in [-0.1, -0.05) is 30.3 Å². The molecule has 0 heterocycles. The third kappa shape index (κ3) is 3.49. The zero-order chi connectivity index (χ0) is 13.0. The van der Waals surface area contributed by atoms with Crippen molar-refractivity contribution in [3.8, 4) is 0 Å². The second-order valence-corrected chi connectivity index (χ2v) is 5.69. The molecule has 0 bridgehead atoms. The molecule has 0 spiro atoms. The van der Waals surface area contributed by atoms with E-state index in [1.807, 2.05) is 18.2 Å². The molecule has 2 aromatic carbocycles. The van der Waals surface area contributed by atoms with Crippen LogP contribution in [0, 0.1) is 0 Å². The third-order valence-corrected chi connectivity index (χ3v) is 3.64. The standard InChI is InChI=1S/C13H14N2O2S/c14-12-6-8-13(9-7-12)15-18(16,17)10-11-4-2-1-3-5-11/h1-9,15H,10,14H2. The first-order chi connectivity index (χ1) is 8.55. The zero-order valence-electron chi connectivity index (χ0n) is 9.71. The summed E-state index contributed by atoms with van der Waals surface area (Å²) in [5.41, 5.74) is 7.40. The SMILES string of the molecule is Nc1ccc(NS(=O)(=O)Cc2ccccc2)cc1. The number of nitrogens with one attached hydrogen (secondary N) is 1. The molecule has 0 atom stereocenters. The van der Waals surface area contributed by atoms with Gasteiger partial charge in [0.1, 0.15) is 0 Å². The Hall–Kier alpha value is -2.01. The van der Waals surface area contributed by atoms with Gasteiger partial charge in [-0.15, -0.1) is 0 Å². The minimum absolute atomic E-state index is 0.0434. The molecular weight excluding hydrogens is 248 g/mol. The van der Waals surface area contributed by atoms with Crippen LogP contribution in [0.25, 0.3) is 0 Å². The Morgan fingerprint density at radius 3 is 2.17 bits per heavy atom. The molecule has 0 aromatic heterocycles. The van der Waals surface area contributed by atoms with Crippen molar-refractivity contribution < 1.29 is 8.42 Å². The number of sulfonamides is 1. The molecule has 0 radical (unpaired) electrons. The fourth-order valence-corrected chi connectivity index (χ4v) is 2.76. The Labute approximate surface area is 107 Å². The molecule has 18 heavy (non-hydrogen) atoms. The summed E-state index contributed by atoms with van der Waals surface area (Å²) in [5, 5.41) is 0. The lowest BCUT2D eigenvalue weighted by molar-refractivity contribution is 0.600. The second kappa shape index (κ2) is 5.10. The van der Waals surface area contributed by atoms with Crippen molar-refractivity contribution in [3.05, 3.63) is 60.2 Å². The first-order valence-electron chi connectivity index (χ1n) is 5.45. The largest absolute Gasteiger partial charge is 0.399 e. The summed E-state index contributed by atoms with van der Waals surface area (Å²) in [6.45, 7) is 0. The summed E-state index contributed by atoms with van der Waals surface area (Å²) >= 11 is 0. The van der Waals surface area contributed by atoms with Gasteiger partial charge in [0.15, 0.2) is 0 Å². The van der Waals surface area contributed by atoms with Crippen molar-refractivity contribution >= 4 is 21.4 Å². The molecular formula is C13H14N2O2S. The minimum atomic E-state index is -3.39. The maximum Gasteiger partial charge on any atom is 0.236 e. The average Bonchev–Trinajstić information content (AvgIpc) is 2.32. The van der Waals surface area contributed by atoms with Crippen LogP contribution < -0.4 is 10.5 Å². The van der Waals surface area contributed by atoms with E-state index in [4.69, 9.17) is 5.73 Å². The van der Waals surface area contributed by atoms with Gasteiger partial charge in [-0.2, -0.15) is 0 Å². The number of benzene rings is 2. The molecule has 4 nitrogen and oxygen atoms in total. The molecule has 0 unspecified atom stereocenters. The highest BCUT2D eigenvalue weighted by Crippen LogP contribution is 2.14. The van der Waals surface area contributed by atoms with Gasteiger partial charge in [-0.25, -0.2) is 8.42 Å². The molecule has 0 aliphatic heterocycles. The van der Waals surface area contributed by atoms with Crippen molar-refractivity contribution in [1.82, 2.24) is 0 Å². The van der Waals surface area contributed by atoms with E-state index in [1.165, 1.54) is 0 Å². The predicted molar refractivity (Wildman–Crippen MR) is 73.5 cm³/mol. The Balaban J connectivity index is 2.10. The van der Waals surface area contributed by atoms with Crippen molar-refractivity contribution in [2.75, 3.05) is 10.5 Å². The van der Waals surface area contributed by atoms with Crippen LogP contribution in [0.15, 0.2) is 54.6 Å². The summed E-state index contributed by atoms with van der Waals surface area (Å²) in [5.74, 6) is -0.0434. The molecule has 2 aromatic rings. The fourth-order valence-electron chi connectivity index (χ4n) is 1.56. The van der Waals surface area contributed by atoms with Gasteiger partial charge in [-0.3, -0.25) is 4.72 Å².